The van der Waals surface area contributed by atoms with Crippen molar-refractivity contribution < 1.29 is 0 Å². The van der Waals surface area contributed by atoms with Crippen molar-refractivity contribution in [2.75, 3.05) is 4.90 Å². The van der Waals surface area contributed by atoms with Crippen LogP contribution >= 0.6 is 0 Å². The van der Waals surface area contributed by atoms with E-state index in [2.05, 4.69) is 255 Å². The molecule has 1 spiro atoms. The van der Waals surface area contributed by atoms with Crippen LogP contribution in [-0.4, -0.2) is 0 Å². The molecular formula is C68H45N. The highest BCUT2D eigenvalue weighted by Crippen LogP contribution is 2.64. The molecule has 0 fully saturated rings. The molecule has 0 N–H and O–H groups in total. The highest BCUT2D eigenvalue weighted by atomic mass is 15.1. The average molecular weight is 876 g/mol. The van der Waals surface area contributed by atoms with Crippen LogP contribution in [0.2, 0.25) is 0 Å². The normalized spacial score (nSPS) is 14.2. The maximum atomic E-state index is 2.60. The fourth-order valence-corrected chi connectivity index (χ4v) is 13.3. The molecule has 0 radical (unpaired) electrons. The van der Waals surface area contributed by atoms with E-state index in [0.717, 1.165) is 17.1 Å². The van der Waals surface area contributed by atoms with Gasteiger partial charge in [-0.05, 0) is 146 Å². The van der Waals surface area contributed by atoms with Crippen molar-refractivity contribution in [3.8, 4) is 44.5 Å². The first-order valence-electron chi connectivity index (χ1n) is 24.3. The Hall–Kier alpha value is -8.52. The van der Waals surface area contributed by atoms with Gasteiger partial charge in [0.1, 0.15) is 0 Å². The lowest BCUT2D eigenvalue weighted by molar-refractivity contribution is 0.660. The molecule has 1 heteroatoms. The molecule has 0 atom stereocenters. The van der Waals surface area contributed by atoms with Crippen molar-refractivity contribution in [1.29, 1.82) is 0 Å². The number of hydrogen-bond donors (Lipinski definition) is 0. The molecule has 0 unspecified atom stereocenters. The summed E-state index contributed by atoms with van der Waals surface area (Å²) >= 11 is 0. The van der Waals surface area contributed by atoms with Gasteiger partial charge in [0.05, 0.1) is 16.8 Å². The maximum absolute atomic E-state index is 2.60. The van der Waals surface area contributed by atoms with Crippen LogP contribution in [-0.2, 0) is 10.8 Å². The van der Waals surface area contributed by atoms with Gasteiger partial charge in [0.2, 0.25) is 0 Å². The fourth-order valence-electron chi connectivity index (χ4n) is 13.3. The van der Waals surface area contributed by atoms with Gasteiger partial charge in [-0.2, -0.15) is 0 Å². The van der Waals surface area contributed by atoms with Crippen LogP contribution in [0.3, 0.4) is 0 Å². The van der Waals surface area contributed by atoms with Crippen molar-refractivity contribution >= 4 is 60.2 Å². The van der Waals surface area contributed by atoms with Gasteiger partial charge in [-0.25, -0.2) is 0 Å². The molecule has 322 valence electrons. The van der Waals surface area contributed by atoms with E-state index in [9.17, 15) is 0 Å². The summed E-state index contributed by atoms with van der Waals surface area (Å²) in [4.78, 5) is 2.59. The van der Waals surface area contributed by atoms with Crippen molar-refractivity contribution in [2.45, 2.75) is 24.7 Å². The fraction of sp³-hybridized carbons (Fsp3) is 0.0588. The Morgan fingerprint density at radius 2 is 0.739 bits per heavy atom. The SMILES string of the molecule is CC1(C)c2ccccc2-c2cc(-c3cc4c(cc3N(c3ccc5c6ccccc6c6ccccc6c5c3)c3cccc5ccccc35)C3(c5ccccc5-c5ccccc53)c3ccccc3-4)ccc21. The molecule has 69 heavy (non-hydrogen) atoms. The lowest BCUT2D eigenvalue weighted by atomic mass is 9.70. The number of fused-ring (bicyclic) bond motifs is 20. The number of rotatable bonds is 4. The smallest absolute Gasteiger partial charge is 0.0726 e. The summed E-state index contributed by atoms with van der Waals surface area (Å²) in [7, 11) is 0. The first-order valence-corrected chi connectivity index (χ1v) is 24.3. The third-order valence-electron chi connectivity index (χ3n) is 16.2. The van der Waals surface area contributed by atoms with E-state index >= 15 is 0 Å². The Balaban J connectivity index is 1.10. The molecule has 0 amide bonds. The molecule has 1 nitrogen and oxygen atoms in total. The Kier molecular flexibility index (Phi) is 7.83. The number of benzene rings is 12. The predicted octanol–water partition coefficient (Wildman–Crippen LogP) is 18.1. The van der Waals surface area contributed by atoms with Gasteiger partial charge in [0.25, 0.3) is 0 Å². The van der Waals surface area contributed by atoms with Crippen molar-refractivity contribution in [3.05, 3.63) is 270 Å². The zero-order valence-electron chi connectivity index (χ0n) is 38.5. The van der Waals surface area contributed by atoms with E-state index < -0.39 is 5.41 Å². The van der Waals surface area contributed by atoms with Gasteiger partial charge in [-0.15, -0.1) is 0 Å². The molecule has 0 aromatic heterocycles. The summed E-state index contributed by atoms with van der Waals surface area (Å²) < 4.78 is 0. The molecule has 12 aromatic carbocycles. The first kappa shape index (κ1) is 38.6. The minimum Gasteiger partial charge on any atom is -0.309 e. The summed E-state index contributed by atoms with van der Waals surface area (Å²) in [6, 6.07) is 89.7. The van der Waals surface area contributed by atoms with Gasteiger partial charge in [0.15, 0.2) is 0 Å². The summed E-state index contributed by atoms with van der Waals surface area (Å²) in [5.41, 5.74) is 21.1. The Bertz CT molecular complexity index is 4100. The van der Waals surface area contributed by atoms with E-state index in [0.29, 0.717) is 0 Å². The van der Waals surface area contributed by atoms with E-state index in [1.165, 1.54) is 121 Å². The second-order valence-electron chi connectivity index (χ2n) is 19.9. The average Bonchev–Trinajstić information content (AvgIpc) is 3.96. The summed E-state index contributed by atoms with van der Waals surface area (Å²) in [6.07, 6.45) is 0. The van der Waals surface area contributed by atoms with Crippen LogP contribution < -0.4 is 4.90 Å². The molecule has 3 aliphatic rings. The zero-order chi connectivity index (χ0) is 45.6. The van der Waals surface area contributed by atoms with Crippen molar-refractivity contribution in [3.63, 3.8) is 0 Å². The minimum atomic E-state index is -0.518. The Morgan fingerprint density at radius 1 is 0.275 bits per heavy atom. The maximum Gasteiger partial charge on any atom is 0.0726 e. The zero-order valence-corrected chi connectivity index (χ0v) is 38.5. The molecular weight excluding hydrogens is 831 g/mol. The molecule has 0 saturated heterocycles. The molecule has 15 rings (SSSR count). The van der Waals surface area contributed by atoms with Gasteiger partial charge in [-0.1, -0.05) is 214 Å². The lowest BCUT2D eigenvalue weighted by Crippen LogP contribution is -2.26. The van der Waals surface area contributed by atoms with Crippen LogP contribution in [0.15, 0.2) is 237 Å². The Labute approximate surface area is 402 Å². The summed E-state index contributed by atoms with van der Waals surface area (Å²) in [6.45, 7) is 4.75. The molecule has 0 bridgehead atoms. The molecule has 0 aliphatic heterocycles. The van der Waals surface area contributed by atoms with Crippen LogP contribution in [0.4, 0.5) is 17.1 Å². The lowest BCUT2D eigenvalue weighted by Gasteiger charge is -2.34. The van der Waals surface area contributed by atoms with E-state index in [4.69, 9.17) is 0 Å². The molecule has 3 aliphatic carbocycles. The van der Waals surface area contributed by atoms with Crippen molar-refractivity contribution in [1.82, 2.24) is 0 Å². The topological polar surface area (TPSA) is 3.24 Å². The molecule has 12 aromatic rings. The van der Waals surface area contributed by atoms with Gasteiger partial charge in [0, 0.05) is 22.1 Å². The van der Waals surface area contributed by atoms with Gasteiger partial charge >= 0.3 is 0 Å². The predicted molar refractivity (Wildman–Crippen MR) is 290 cm³/mol. The third-order valence-corrected chi connectivity index (χ3v) is 16.2. The molecule has 0 saturated carbocycles. The Morgan fingerprint density at radius 3 is 1.38 bits per heavy atom. The number of anilines is 3. The van der Waals surface area contributed by atoms with Crippen LogP contribution in [0, 0.1) is 0 Å². The van der Waals surface area contributed by atoms with E-state index in [1.807, 2.05) is 0 Å². The summed E-state index contributed by atoms with van der Waals surface area (Å²) in [5, 5.41) is 9.99. The van der Waals surface area contributed by atoms with E-state index in [-0.39, 0.29) is 5.41 Å². The third kappa shape index (κ3) is 5.09. The van der Waals surface area contributed by atoms with Gasteiger partial charge in [-0.3, -0.25) is 0 Å². The highest BCUT2D eigenvalue weighted by molar-refractivity contribution is 6.26. The quantitative estimate of drug-likeness (QED) is 0.159. The number of nitrogens with zero attached hydrogens (tertiary/aromatic N) is 1. The largest absolute Gasteiger partial charge is 0.309 e. The molecule has 0 heterocycles. The van der Waals surface area contributed by atoms with Crippen LogP contribution in [0.25, 0.3) is 87.6 Å². The minimum absolute atomic E-state index is 0.104. The monoisotopic (exact) mass is 875 g/mol. The standard InChI is InChI=1S/C68H45N/c1-67(2)59-29-13-9-27-53(59)57-38-43(34-37-60(57)67)55-40-58-54-28-12-16-32-63(54)68(61-30-14-10-25-51(61)52-26-11-15-31-62(52)68)64(58)41-66(55)69(65-33-17-19-42-18-3-4-20-45(42)65)44-35-36-50-48-23-6-5-21-46(48)47-22-7-8-24-49(47)56(50)39-44/h3-41H,1-2H3. The van der Waals surface area contributed by atoms with E-state index in [1.54, 1.807) is 0 Å². The van der Waals surface area contributed by atoms with Crippen molar-refractivity contribution in [2.24, 2.45) is 0 Å². The van der Waals surface area contributed by atoms with Crippen LogP contribution in [0.5, 0.6) is 0 Å². The van der Waals surface area contributed by atoms with Gasteiger partial charge < -0.3 is 4.90 Å². The first-order chi connectivity index (χ1) is 34.0. The second-order valence-corrected chi connectivity index (χ2v) is 19.9. The summed E-state index contributed by atoms with van der Waals surface area (Å²) in [5.74, 6) is 0. The number of hydrogen-bond acceptors (Lipinski definition) is 1. The van der Waals surface area contributed by atoms with Crippen LogP contribution in [0.1, 0.15) is 47.2 Å². The highest BCUT2D eigenvalue weighted by Gasteiger charge is 2.52. The second kappa shape index (κ2) is 14.0.